The van der Waals surface area contributed by atoms with Crippen molar-refractivity contribution in [2.45, 2.75) is 19.4 Å². The third-order valence-electron chi connectivity index (χ3n) is 4.10. The van der Waals surface area contributed by atoms with Gasteiger partial charge in [0.25, 0.3) is 0 Å². The van der Waals surface area contributed by atoms with Gasteiger partial charge in [0, 0.05) is 11.0 Å². The number of hydrogen-bond acceptors (Lipinski definition) is 5. The van der Waals surface area contributed by atoms with E-state index in [1.54, 1.807) is 18.9 Å². The average Bonchev–Trinajstić information content (AvgIpc) is 2.66. The second-order valence-electron chi connectivity index (χ2n) is 6.05. The van der Waals surface area contributed by atoms with Gasteiger partial charge >= 0.3 is 0 Å². The van der Waals surface area contributed by atoms with Crippen molar-refractivity contribution in [2.24, 2.45) is 0 Å². The molecule has 0 fully saturated rings. The number of aliphatic hydroxyl groups excluding tert-OH is 2. The summed E-state index contributed by atoms with van der Waals surface area (Å²) in [4.78, 5) is 0. The second-order valence-corrected chi connectivity index (χ2v) is 7.78. The Morgan fingerprint density at radius 3 is 2.43 bits per heavy atom. The van der Waals surface area contributed by atoms with E-state index in [9.17, 15) is 5.11 Å². The summed E-state index contributed by atoms with van der Waals surface area (Å²) in [6.45, 7) is 3.39. The van der Waals surface area contributed by atoms with E-state index in [1.807, 2.05) is 55.8 Å². The van der Waals surface area contributed by atoms with Crippen molar-refractivity contribution in [3.63, 3.8) is 0 Å². The summed E-state index contributed by atoms with van der Waals surface area (Å²) >= 11 is 5.25. The Bertz CT molecular complexity index is 703. The van der Waals surface area contributed by atoms with E-state index in [4.69, 9.17) is 9.84 Å². The van der Waals surface area contributed by atoms with Crippen LogP contribution in [0, 0.1) is 6.92 Å². The highest BCUT2D eigenvalue weighted by atomic mass is 79.9. The minimum absolute atomic E-state index is 0. The van der Waals surface area contributed by atoms with Crippen LogP contribution in [-0.4, -0.2) is 57.9 Å². The maximum Gasteiger partial charge on any atom is 0.122 e. The van der Waals surface area contributed by atoms with E-state index in [1.165, 1.54) is 0 Å². The highest BCUT2D eigenvalue weighted by Crippen LogP contribution is 2.32. The summed E-state index contributed by atoms with van der Waals surface area (Å²) in [5.74, 6) is 0.773. The van der Waals surface area contributed by atoms with Crippen molar-refractivity contribution in [3.05, 3.63) is 63.1 Å². The minimum atomic E-state index is -0.707. The molecule has 2 aromatic rings. The molecule has 0 radical (unpaired) electrons. The van der Waals surface area contributed by atoms with Crippen LogP contribution in [0.5, 0.6) is 5.75 Å². The van der Waals surface area contributed by atoms with Crippen LogP contribution in [0.25, 0.3) is 0 Å². The number of thioether (sulfide) groups is 1. The Kier molecular flexibility index (Phi) is 14.4. The molecule has 0 aromatic heterocycles. The van der Waals surface area contributed by atoms with Crippen molar-refractivity contribution in [3.8, 4) is 5.75 Å². The van der Waals surface area contributed by atoms with Gasteiger partial charge in [-0.2, -0.15) is 11.8 Å². The maximum atomic E-state index is 10.9. The Balaban J connectivity index is 0.00000171. The van der Waals surface area contributed by atoms with Crippen molar-refractivity contribution >= 4 is 36.1 Å². The number of hydrogen-bond donors (Lipinski definition) is 3. The summed E-state index contributed by atoms with van der Waals surface area (Å²) in [5.41, 5.74) is 3.76. The monoisotopic (exact) mass is 469 g/mol. The third kappa shape index (κ3) is 8.17. The highest BCUT2D eigenvalue weighted by molar-refractivity contribution is 9.10. The molecule has 0 aliphatic carbocycles. The Labute approximate surface area is 183 Å². The number of benzene rings is 2. The highest BCUT2D eigenvalue weighted by Gasteiger charge is 2.18. The Hall–Kier alpha value is -0.985. The topological polar surface area (TPSA) is 61.7 Å². The standard InChI is InChI=1S/C19H24BrNO3.C2H6S.BH3/c1-13-16(4-3-5-18(13)24-2)19(23)17-7-6-15(20)12-14(17)8-9-21-10-11-22;1-3-2;/h3-7,12,19,21-23H,8-11H2,1-2H3;1-2H3;1H3. The van der Waals surface area contributed by atoms with Crippen LogP contribution in [-0.2, 0) is 6.42 Å². The third-order valence-corrected chi connectivity index (χ3v) is 4.59. The number of methoxy groups -OCH3 is 1. The fourth-order valence-corrected chi connectivity index (χ4v) is 3.21. The summed E-state index contributed by atoms with van der Waals surface area (Å²) < 4.78 is 6.34. The normalized spacial score (nSPS) is 11.1. The molecule has 28 heavy (non-hydrogen) atoms. The molecule has 1 atom stereocenters. The largest absolute Gasteiger partial charge is 0.496 e. The lowest BCUT2D eigenvalue weighted by molar-refractivity contribution is 0.217. The van der Waals surface area contributed by atoms with Crippen LogP contribution in [0.1, 0.15) is 28.4 Å². The first-order valence-corrected chi connectivity index (χ1v) is 11.2. The lowest BCUT2D eigenvalue weighted by atomic mass is 9.92. The van der Waals surface area contributed by atoms with E-state index in [2.05, 4.69) is 21.2 Å². The van der Waals surface area contributed by atoms with Gasteiger partial charge in [-0.15, -0.1) is 0 Å². The number of rotatable bonds is 8. The van der Waals surface area contributed by atoms with Crippen molar-refractivity contribution < 1.29 is 14.9 Å². The van der Waals surface area contributed by atoms with Gasteiger partial charge in [0.2, 0.25) is 0 Å². The van der Waals surface area contributed by atoms with Gasteiger partial charge in [0.15, 0.2) is 0 Å². The number of halogens is 1. The van der Waals surface area contributed by atoms with E-state index >= 15 is 0 Å². The molecule has 156 valence electrons. The van der Waals surface area contributed by atoms with Crippen molar-refractivity contribution in [1.82, 2.24) is 5.32 Å². The molecule has 0 spiro atoms. The van der Waals surface area contributed by atoms with Gasteiger partial charge in [-0.3, -0.25) is 0 Å². The lowest BCUT2D eigenvalue weighted by Gasteiger charge is -2.19. The lowest BCUT2D eigenvalue weighted by Crippen LogP contribution is -2.21. The zero-order valence-corrected chi connectivity index (χ0v) is 18.9. The molecular weight excluding hydrogens is 437 g/mol. The van der Waals surface area contributed by atoms with E-state index in [-0.39, 0.29) is 15.0 Å². The van der Waals surface area contributed by atoms with Crippen molar-refractivity contribution in [2.75, 3.05) is 39.3 Å². The van der Waals surface area contributed by atoms with Crippen LogP contribution >= 0.6 is 27.7 Å². The quantitative estimate of drug-likeness (QED) is 0.409. The Morgan fingerprint density at radius 2 is 1.82 bits per heavy atom. The molecule has 0 aliphatic rings. The summed E-state index contributed by atoms with van der Waals surface area (Å²) in [6.07, 6.45) is 4.15. The molecule has 4 nitrogen and oxygen atoms in total. The number of nitrogens with one attached hydrogen (secondary N) is 1. The van der Waals surface area contributed by atoms with Crippen LogP contribution < -0.4 is 10.1 Å². The molecule has 7 heteroatoms. The summed E-state index contributed by atoms with van der Waals surface area (Å²) in [6, 6.07) is 11.7. The van der Waals surface area contributed by atoms with Crippen LogP contribution in [0.15, 0.2) is 40.9 Å². The van der Waals surface area contributed by atoms with Crippen molar-refractivity contribution in [1.29, 1.82) is 0 Å². The van der Waals surface area contributed by atoms with Crippen LogP contribution in [0.4, 0.5) is 0 Å². The van der Waals surface area contributed by atoms with Gasteiger partial charge in [0.1, 0.15) is 11.9 Å². The molecular formula is C21H33BBrNO3S. The summed E-state index contributed by atoms with van der Waals surface area (Å²) in [5, 5.41) is 23.0. The van der Waals surface area contributed by atoms with Gasteiger partial charge in [0.05, 0.1) is 22.1 Å². The minimum Gasteiger partial charge on any atom is -0.496 e. The number of ether oxygens (including phenoxy) is 1. The SMILES string of the molecule is B.COc1cccc(C(O)c2ccc(Br)cc2CCNCCO)c1C.CSC. The van der Waals surface area contributed by atoms with E-state index in [0.29, 0.717) is 6.54 Å². The van der Waals surface area contributed by atoms with Crippen LogP contribution in [0.2, 0.25) is 0 Å². The van der Waals surface area contributed by atoms with Gasteiger partial charge in [-0.05, 0) is 72.9 Å². The molecule has 3 N–H and O–H groups in total. The van der Waals surface area contributed by atoms with E-state index < -0.39 is 6.10 Å². The average molecular weight is 470 g/mol. The Morgan fingerprint density at radius 1 is 1.14 bits per heavy atom. The predicted octanol–water partition coefficient (Wildman–Crippen LogP) is 2.77. The molecule has 0 heterocycles. The molecule has 2 aromatic carbocycles. The van der Waals surface area contributed by atoms with Gasteiger partial charge in [-0.1, -0.05) is 34.1 Å². The second kappa shape index (κ2) is 14.9. The first kappa shape index (κ1) is 27.0. The van der Waals surface area contributed by atoms with E-state index in [0.717, 1.165) is 45.4 Å². The zero-order chi connectivity index (χ0) is 20.2. The number of aliphatic hydroxyl groups is 2. The van der Waals surface area contributed by atoms with Gasteiger partial charge < -0.3 is 20.3 Å². The zero-order valence-electron chi connectivity index (χ0n) is 16.5. The predicted molar refractivity (Wildman–Crippen MR) is 129 cm³/mol. The fraction of sp³-hybridized carbons (Fsp3) is 0.429. The molecule has 0 saturated heterocycles. The fourth-order valence-electron chi connectivity index (χ4n) is 2.80. The molecule has 0 aliphatic heterocycles. The first-order chi connectivity index (χ1) is 13.0. The molecule has 2 rings (SSSR count). The molecule has 0 saturated carbocycles. The molecule has 0 amide bonds. The van der Waals surface area contributed by atoms with Gasteiger partial charge in [-0.25, -0.2) is 0 Å². The smallest absolute Gasteiger partial charge is 0.122 e. The first-order valence-electron chi connectivity index (χ1n) is 8.81. The maximum absolute atomic E-state index is 10.9. The molecule has 1 unspecified atom stereocenters. The summed E-state index contributed by atoms with van der Waals surface area (Å²) in [7, 11) is 1.64. The molecule has 0 bridgehead atoms. The van der Waals surface area contributed by atoms with Crippen LogP contribution in [0.3, 0.4) is 0 Å².